The number of halogens is 1. The molecule has 4 heteroatoms. The van der Waals surface area contributed by atoms with Gasteiger partial charge in [0.2, 0.25) is 0 Å². The van der Waals surface area contributed by atoms with Gasteiger partial charge < -0.3 is 9.84 Å². The average Bonchev–Trinajstić information content (AvgIpc) is 2.90. The predicted octanol–water partition coefficient (Wildman–Crippen LogP) is 3.00. The molecule has 2 nitrogen and oxygen atoms in total. The van der Waals surface area contributed by atoms with E-state index >= 15 is 0 Å². The lowest BCUT2D eigenvalue weighted by Crippen LogP contribution is -2.22. The Morgan fingerprint density at radius 2 is 2.33 bits per heavy atom. The van der Waals surface area contributed by atoms with E-state index in [4.69, 9.17) is 16.3 Å². The summed E-state index contributed by atoms with van der Waals surface area (Å²) in [4.78, 5) is 0.973. The van der Waals surface area contributed by atoms with Crippen molar-refractivity contribution in [3.05, 3.63) is 21.3 Å². The maximum absolute atomic E-state index is 10.2. The first-order valence-electron chi connectivity index (χ1n) is 5.33. The third kappa shape index (κ3) is 1.72. The molecular weight excluding hydrogens is 232 g/mol. The topological polar surface area (TPSA) is 29.5 Å². The van der Waals surface area contributed by atoms with Crippen molar-refractivity contribution in [2.75, 3.05) is 0 Å². The molecule has 2 saturated heterocycles. The molecule has 3 heterocycles. The quantitative estimate of drug-likeness (QED) is 0.867. The van der Waals surface area contributed by atoms with E-state index in [0.29, 0.717) is 6.10 Å². The lowest BCUT2D eigenvalue weighted by Gasteiger charge is -2.23. The smallest absolute Gasteiger partial charge is 0.0936 e. The zero-order chi connectivity index (χ0) is 10.4. The molecule has 2 aliphatic rings. The fourth-order valence-electron chi connectivity index (χ4n) is 2.71. The van der Waals surface area contributed by atoms with Gasteiger partial charge in [0.15, 0.2) is 0 Å². The van der Waals surface area contributed by atoms with Gasteiger partial charge in [0.1, 0.15) is 0 Å². The second-order valence-electron chi connectivity index (χ2n) is 4.36. The SMILES string of the molecule is OC(c1ccc(Cl)s1)C1CC2CCC1O2. The lowest BCUT2D eigenvalue weighted by molar-refractivity contribution is 0.0439. The van der Waals surface area contributed by atoms with E-state index < -0.39 is 6.10 Å². The maximum atomic E-state index is 10.2. The van der Waals surface area contributed by atoms with E-state index in [-0.39, 0.29) is 12.0 Å². The van der Waals surface area contributed by atoms with Gasteiger partial charge >= 0.3 is 0 Å². The van der Waals surface area contributed by atoms with Crippen LogP contribution in [0.1, 0.15) is 30.2 Å². The molecule has 2 aliphatic heterocycles. The summed E-state index contributed by atoms with van der Waals surface area (Å²) < 4.78 is 6.49. The molecule has 82 valence electrons. The number of thiophene rings is 1. The summed E-state index contributed by atoms with van der Waals surface area (Å²) in [7, 11) is 0. The maximum Gasteiger partial charge on any atom is 0.0936 e. The summed E-state index contributed by atoms with van der Waals surface area (Å²) in [6, 6.07) is 3.77. The summed E-state index contributed by atoms with van der Waals surface area (Å²) in [5, 5.41) is 10.2. The zero-order valence-electron chi connectivity index (χ0n) is 8.23. The third-order valence-corrected chi connectivity index (χ3v) is 4.75. The molecule has 15 heavy (non-hydrogen) atoms. The van der Waals surface area contributed by atoms with Gasteiger partial charge in [-0.05, 0) is 31.4 Å². The Morgan fingerprint density at radius 1 is 1.47 bits per heavy atom. The first-order chi connectivity index (χ1) is 7.24. The predicted molar refractivity (Wildman–Crippen MR) is 60.3 cm³/mol. The van der Waals surface area contributed by atoms with E-state index in [1.54, 1.807) is 0 Å². The van der Waals surface area contributed by atoms with Gasteiger partial charge in [-0.1, -0.05) is 11.6 Å². The van der Waals surface area contributed by atoms with Crippen molar-refractivity contribution in [3.63, 3.8) is 0 Å². The van der Waals surface area contributed by atoms with E-state index in [2.05, 4.69) is 0 Å². The lowest BCUT2D eigenvalue weighted by atomic mass is 9.85. The monoisotopic (exact) mass is 244 g/mol. The Bertz CT molecular complexity index is 365. The number of ether oxygens (including phenoxy) is 1. The van der Waals surface area contributed by atoms with E-state index in [9.17, 15) is 5.11 Å². The summed E-state index contributed by atoms with van der Waals surface area (Å²) in [5.41, 5.74) is 0. The van der Waals surface area contributed by atoms with Gasteiger partial charge in [0, 0.05) is 10.8 Å². The van der Waals surface area contributed by atoms with Gasteiger partial charge in [-0.15, -0.1) is 11.3 Å². The second-order valence-corrected chi connectivity index (χ2v) is 6.11. The van der Waals surface area contributed by atoms with Crippen LogP contribution >= 0.6 is 22.9 Å². The van der Waals surface area contributed by atoms with Crippen molar-refractivity contribution in [2.24, 2.45) is 5.92 Å². The number of hydrogen-bond donors (Lipinski definition) is 1. The highest BCUT2D eigenvalue weighted by atomic mass is 35.5. The van der Waals surface area contributed by atoms with E-state index in [1.807, 2.05) is 12.1 Å². The molecule has 0 aliphatic carbocycles. The van der Waals surface area contributed by atoms with Crippen molar-refractivity contribution in [1.29, 1.82) is 0 Å². The van der Waals surface area contributed by atoms with Crippen LogP contribution < -0.4 is 0 Å². The summed E-state index contributed by atoms with van der Waals surface area (Å²) in [5.74, 6) is 0.276. The van der Waals surface area contributed by atoms with Crippen molar-refractivity contribution in [3.8, 4) is 0 Å². The Kier molecular flexibility index (Phi) is 2.51. The average molecular weight is 245 g/mol. The van der Waals surface area contributed by atoms with E-state index in [0.717, 1.165) is 22.1 Å². The van der Waals surface area contributed by atoms with Crippen LogP contribution in [0.25, 0.3) is 0 Å². The zero-order valence-corrected chi connectivity index (χ0v) is 9.80. The molecule has 3 rings (SSSR count). The van der Waals surface area contributed by atoms with Crippen molar-refractivity contribution >= 4 is 22.9 Å². The number of aliphatic hydroxyl groups is 1. The minimum absolute atomic E-state index is 0.269. The molecule has 1 aromatic rings. The van der Waals surface area contributed by atoms with Crippen LogP contribution in [0.15, 0.2) is 12.1 Å². The molecule has 2 bridgehead atoms. The van der Waals surface area contributed by atoms with Gasteiger partial charge in [-0.25, -0.2) is 0 Å². The minimum atomic E-state index is -0.391. The summed E-state index contributed by atoms with van der Waals surface area (Å²) >= 11 is 7.34. The molecule has 1 N–H and O–H groups in total. The molecule has 2 fully saturated rings. The van der Waals surface area contributed by atoms with Gasteiger partial charge in [-0.3, -0.25) is 0 Å². The first-order valence-corrected chi connectivity index (χ1v) is 6.52. The molecule has 4 unspecified atom stereocenters. The van der Waals surface area contributed by atoms with Gasteiger partial charge in [-0.2, -0.15) is 0 Å². The molecule has 0 aromatic carbocycles. The highest BCUT2D eigenvalue weighted by Crippen LogP contribution is 2.45. The van der Waals surface area contributed by atoms with Crippen LogP contribution in [0.4, 0.5) is 0 Å². The second kappa shape index (κ2) is 3.74. The fraction of sp³-hybridized carbons (Fsp3) is 0.636. The highest BCUT2D eigenvalue weighted by Gasteiger charge is 2.44. The molecule has 1 aromatic heterocycles. The third-order valence-electron chi connectivity index (χ3n) is 3.44. The van der Waals surface area contributed by atoms with E-state index in [1.165, 1.54) is 17.8 Å². The number of rotatable bonds is 2. The Morgan fingerprint density at radius 3 is 2.87 bits per heavy atom. The van der Waals surface area contributed by atoms with Crippen LogP contribution in [0.5, 0.6) is 0 Å². The van der Waals surface area contributed by atoms with Crippen LogP contribution in [0, 0.1) is 5.92 Å². The van der Waals surface area contributed by atoms with Crippen LogP contribution in [-0.2, 0) is 4.74 Å². The van der Waals surface area contributed by atoms with Crippen LogP contribution in [-0.4, -0.2) is 17.3 Å². The normalized spacial score (nSPS) is 36.0. The summed E-state index contributed by atoms with van der Waals surface area (Å²) in [6.45, 7) is 0. The van der Waals surface area contributed by atoms with Crippen molar-refractivity contribution in [2.45, 2.75) is 37.6 Å². The largest absolute Gasteiger partial charge is 0.387 e. The van der Waals surface area contributed by atoms with Crippen LogP contribution in [0.3, 0.4) is 0 Å². The molecular formula is C11H13ClO2S. The molecule has 0 spiro atoms. The van der Waals surface area contributed by atoms with Crippen molar-refractivity contribution in [1.82, 2.24) is 0 Å². The van der Waals surface area contributed by atoms with Gasteiger partial charge in [0.05, 0.1) is 22.6 Å². The van der Waals surface area contributed by atoms with Crippen molar-refractivity contribution < 1.29 is 9.84 Å². The Hall–Kier alpha value is -0.0900. The molecule has 0 amide bonds. The first kappa shape index (κ1) is 10.1. The fourth-order valence-corrected chi connectivity index (χ4v) is 3.83. The molecule has 0 radical (unpaired) electrons. The number of fused-ring (bicyclic) bond motifs is 2. The summed E-state index contributed by atoms with van der Waals surface area (Å²) in [6.07, 6.45) is 3.54. The highest BCUT2D eigenvalue weighted by molar-refractivity contribution is 7.16. The van der Waals surface area contributed by atoms with Crippen LogP contribution in [0.2, 0.25) is 4.34 Å². The molecule has 4 atom stereocenters. The number of aliphatic hydroxyl groups excluding tert-OH is 1. The Labute approximate surface area is 97.8 Å². The molecule has 0 saturated carbocycles. The standard InChI is InChI=1S/C11H13ClO2S/c12-10-4-3-9(15-10)11(13)7-5-6-1-2-8(7)14-6/h3-4,6-8,11,13H,1-2,5H2. The number of hydrogen-bond acceptors (Lipinski definition) is 3. The Balaban J connectivity index is 1.77. The minimum Gasteiger partial charge on any atom is -0.387 e. The van der Waals surface area contributed by atoms with Gasteiger partial charge in [0.25, 0.3) is 0 Å².